The minimum atomic E-state index is -5.42. The van der Waals surface area contributed by atoms with Crippen LogP contribution in [0.2, 0.25) is 0 Å². The van der Waals surface area contributed by atoms with Crippen molar-refractivity contribution in [2.75, 3.05) is 6.61 Å². The monoisotopic (exact) mass is 557 g/mol. The van der Waals surface area contributed by atoms with E-state index in [-0.39, 0.29) is 0 Å². The highest BCUT2D eigenvalue weighted by atomic mass is 32.3. The van der Waals surface area contributed by atoms with Crippen molar-refractivity contribution in [2.45, 2.75) is 68.3 Å². The van der Waals surface area contributed by atoms with Gasteiger partial charge in [-0.1, -0.05) is 0 Å². The summed E-state index contributed by atoms with van der Waals surface area (Å²) in [5.74, 6) is -2.77. The van der Waals surface area contributed by atoms with Gasteiger partial charge in [-0.3, -0.25) is 13.9 Å². The van der Waals surface area contributed by atoms with Gasteiger partial charge in [-0.05, 0) is 0 Å². The van der Waals surface area contributed by atoms with Crippen LogP contribution in [0.25, 0.3) is 0 Å². The van der Waals surface area contributed by atoms with E-state index >= 15 is 0 Å². The van der Waals surface area contributed by atoms with Gasteiger partial charge in [-0.2, -0.15) is 16.8 Å². The van der Waals surface area contributed by atoms with E-state index in [0.29, 0.717) is 0 Å². The van der Waals surface area contributed by atoms with Crippen LogP contribution in [0, 0.1) is 0 Å². The summed E-state index contributed by atoms with van der Waals surface area (Å²) in [6, 6.07) is -1.82. The Morgan fingerprint density at radius 2 is 1.46 bits per heavy atom. The Bertz CT molecular complexity index is 985. The Balaban J connectivity index is 2.55. The SMILES string of the molecule is CC(=O)N[C@@H]1[C@@H](O[C@H]2O[C@@H](C(=O)O)[C@@H](O)[C@H](O)[C@H]2OS(=O)(=O)O)[C@@H](OS(=O)(=O)O)[C@@H](CO)O[C@@H]1O. The molecule has 2 saturated heterocycles. The van der Waals surface area contributed by atoms with E-state index < -0.39 is 101 Å². The van der Waals surface area contributed by atoms with Crippen molar-refractivity contribution in [2.24, 2.45) is 0 Å². The Morgan fingerprint density at radius 1 is 0.914 bits per heavy atom. The molecule has 204 valence electrons. The van der Waals surface area contributed by atoms with Gasteiger partial charge < -0.3 is 45.1 Å². The molecule has 21 heteroatoms. The summed E-state index contributed by atoms with van der Waals surface area (Å²) in [4.78, 5) is 23.0. The number of carbonyl (C=O) groups is 2. The fourth-order valence-corrected chi connectivity index (χ4v) is 4.42. The molecule has 0 bridgehead atoms. The first-order valence-electron chi connectivity index (χ1n) is 9.38. The van der Waals surface area contributed by atoms with E-state index in [0.717, 1.165) is 6.92 Å². The van der Waals surface area contributed by atoms with Gasteiger partial charge in [0.15, 0.2) is 24.8 Å². The van der Waals surface area contributed by atoms with Crippen LogP contribution in [0.4, 0.5) is 0 Å². The maximum Gasteiger partial charge on any atom is 0.397 e. The second-order valence-electron chi connectivity index (χ2n) is 7.30. The molecule has 19 nitrogen and oxygen atoms in total. The van der Waals surface area contributed by atoms with Crippen LogP contribution in [0.3, 0.4) is 0 Å². The molecule has 0 unspecified atom stereocenters. The highest BCUT2D eigenvalue weighted by molar-refractivity contribution is 7.81. The van der Waals surface area contributed by atoms with Crippen LogP contribution in [-0.2, 0) is 53.0 Å². The summed E-state index contributed by atoms with van der Waals surface area (Å²) < 4.78 is 87.2. The number of aliphatic hydroxyl groups excluding tert-OH is 4. The van der Waals surface area contributed by atoms with Gasteiger partial charge in [0.2, 0.25) is 5.91 Å². The zero-order valence-electron chi connectivity index (χ0n) is 17.4. The quantitative estimate of drug-likeness (QED) is 0.123. The number of nitrogens with one attached hydrogen (secondary N) is 1. The molecular weight excluding hydrogens is 534 g/mol. The number of carbonyl (C=O) groups excluding carboxylic acids is 1. The number of carboxylic acid groups (broad SMARTS) is 1. The molecule has 1 amide bonds. The number of amides is 1. The molecule has 0 saturated carbocycles. The molecule has 0 aromatic carbocycles. The Hall–Kier alpha value is -1.60. The van der Waals surface area contributed by atoms with Gasteiger partial charge >= 0.3 is 26.8 Å². The maximum atomic E-state index is 11.6. The summed E-state index contributed by atoms with van der Waals surface area (Å²) in [6.07, 6.45) is -19.9. The summed E-state index contributed by atoms with van der Waals surface area (Å²) in [5.41, 5.74) is 0. The van der Waals surface area contributed by atoms with Gasteiger partial charge in [0.1, 0.15) is 36.6 Å². The van der Waals surface area contributed by atoms with Crippen LogP contribution in [0.15, 0.2) is 0 Å². The topological polar surface area (TPSA) is 302 Å². The molecule has 10 atom stereocenters. The Labute approximate surface area is 197 Å². The van der Waals surface area contributed by atoms with Crippen molar-refractivity contribution in [3.63, 3.8) is 0 Å². The molecule has 0 aromatic rings. The number of hydrogen-bond donors (Lipinski definition) is 8. The smallest absolute Gasteiger partial charge is 0.397 e. The van der Waals surface area contributed by atoms with Crippen molar-refractivity contribution in [1.82, 2.24) is 5.32 Å². The third-order valence-electron chi connectivity index (χ3n) is 4.76. The van der Waals surface area contributed by atoms with Gasteiger partial charge in [0, 0.05) is 6.92 Å². The normalized spacial score (nSPS) is 38.6. The Kier molecular flexibility index (Phi) is 9.48. The number of hydrogen-bond acceptors (Lipinski definition) is 15. The van der Waals surface area contributed by atoms with Crippen LogP contribution in [0.5, 0.6) is 0 Å². The predicted molar refractivity (Wildman–Crippen MR) is 102 cm³/mol. The summed E-state index contributed by atoms with van der Waals surface area (Å²) in [7, 11) is -10.8. The van der Waals surface area contributed by atoms with Gasteiger partial charge in [0.25, 0.3) is 0 Å². The number of rotatable bonds is 9. The summed E-state index contributed by atoms with van der Waals surface area (Å²) >= 11 is 0. The third-order valence-corrected chi connectivity index (χ3v) is 5.69. The predicted octanol–water partition coefficient (Wildman–Crippen LogP) is -5.51. The maximum absolute atomic E-state index is 11.6. The third kappa shape index (κ3) is 7.69. The lowest BCUT2D eigenvalue weighted by atomic mass is 9.95. The molecule has 8 N–H and O–H groups in total. The number of carboxylic acids is 1. The standard InChI is InChI=1S/C14H23NO18S2/c1-3(17)15-5-9(8(32-34(23,24)25)4(2-16)29-13(5)22)30-14-11(33-35(26,27)28)7(19)6(18)10(31-14)12(20)21/h4-11,13-14,16,18-19,22H,2H2,1H3,(H,15,17)(H,20,21)(H,23,24,25)(H,26,27,28)/t4-,5-,6+,7+,8+,9-,10-,11-,13+,14+/m1/s1. The van der Waals surface area contributed by atoms with E-state index in [1.54, 1.807) is 0 Å². The van der Waals surface area contributed by atoms with E-state index in [2.05, 4.69) is 13.7 Å². The molecular formula is C14H23NO18S2. The minimum Gasteiger partial charge on any atom is -0.479 e. The largest absolute Gasteiger partial charge is 0.479 e. The fraction of sp³-hybridized carbons (Fsp3) is 0.857. The highest BCUT2D eigenvalue weighted by Crippen LogP contribution is 2.32. The van der Waals surface area contributed by atoms with Crippen LogP contribution < -0.4 is 5.32 Å². The van der Waals surface area contributed by atoms with Gasteiger partial charge in [-0.15, -0.1) is 0 Å². The molecule has 35 heavy (non-hydrogen) atoms. The van der Waals surface area contributed by atoms with Crippen molar-refractivity contribution in [3.05, 3.63) is 0 Å². The lowest BCUT2D eigenvalue weighted by molar-refractivity contribution is -0.331. The molecule has 0 aromatic heterocycles. The molecule has 2 heterocycles. The second kappa shape index (κ2) is 11.2. The van der Waals surface area contributed by atoms with Crippen molar-refractivity contribution >= 4 is 32.7 Å². The molecule has 2 rings (SSSR count). The van der Waals surface area contributed by atoms with Crippen LogP contribution in [-0.4, -0.2) is 131 Å². The number of aliphatic hydroxyl groups is 4. The van der Waals surface area contributed by atoms with Gasteiger partial charge in [-0.25, -0.2) is 13.2 Å². The van der Waals surface area contributed by atoms with E-state index in [4.69, 9.17) is 23.3 Å². The van der Waals surface area contributed by atoms with E-state index in [9.17, 15) is 52.0 Å². The molecule has 0 radical (unpaired) electrons. The van der Waals surface area contributed by atoms with Crippen molar-refractivity contribution in [1.29, 1.82) is 0 Å². The number of aliphatic carboxylic acids is 1. The van der Waals surface area contributed by atoms with E-state index in [1.807, 2.05) is 0 Å². The average Bonchev–Trinajstić information content (AvgIpc) is 2.69. The molecule has 2 fully saturated rings. The lowest BCUT2D eigenvalue weighted by Crippen LogP contribution is -2.68. The fourth-order valence-electron chi connectivity index (χ4n) is 3.42. The first kappa shape index (κ1) is 29.6. The summed E-state index contributed by atoms with van der Waals surface area (Å²) in [5, 5.41) is 51.2. The number of ether oxygens (including phenoxy) is 3. The Morgan fingerprint density at radius 3 is 1.91 bits per heavy atom. The zero-order chi connectivity index (χ0) is 26.9. The van der Waals surface area contributed by atoms with Crippen molar-refractivity contribution in [3.8, 4) is 0 Å². The first-order chi connectivity index (χ1) is 15.9. The van der Waals surface area contributed by atoms with Crippen LogP contribution >= 0.6 is 0 Å². The van der Waals surface area contributed by atoms with Crippen molar-refractivity contribution < 1.29 is 83.6 Å². The molecule has 0 aliphatic carbocycles. The first-order valence-corrected chi connectivity index (χ1v) is 12.1. The average molecular weight is 557 g/mol. The van der Waals surface area contributed by atoms with Gasteiger partial charge in [0.05, 0.1) is 6.61 Å². The zero-order valence-corrected chi connectivity index (χ0v) is 19.1. The molecule has 2 aliphatic heterocycles. The van der Waals surface area contributed by atoms with E-state index in [1.165, 1.54) is 0 Å². The lowest BCUT2D eigenvalue weighted by Gasteiger charge is -2.47. The molecule has 0 spiro atoms. The highest BCUT2D eigenvalue weighted by Gasteiger charge is 2.55. The summed E-state index contributed by atoms with van der Waals surface area (Å²) in [6.45, 7) is -0.151. The molecule has 2 aliphatic rings. The minimum absolute atomic E-state index is 0.881. The van der Waals surface area contributed by atoms with Crippen LogP contribution in [0.1, 0.15) is 6.92 Å². The second-order valence-corrected chi connectivity index (χ2v) is 9.39.